The Kier molecular flexibility index (Phi) is 6.56. The van der Waals surface area contributed by atoms with Crippen molar-refractivity contribution < 1.29 is 29.0 Å². The Bertz CT molecular complexity index is 549. The maximum absolute atomic E-state index is 11.7. The van der Waals surface area contributed by atoms with Crippen molar-refractivity contribution in [1.29, 1.82) is 0 Å². The van der Waals surface area contributed by atoms with Crippen LogP contribution in [0.15, 0.2) is 30.3 Å². The number of carboxylic acid groups (broad SMARTS) is 1. The summed E-state index contributed by atoms with van der Waals surface area (Å²) in [5.74, 6) is -2.05. The zero-order valence-electron chi connectivity index (χ0n) is 13.4. The van der Waals surface area contributed by atoms with Crippen LogP contribution in [0.3, 0.4) is 0 Å². The monoisotopic (exact) mass is 323 g/mol. The first-order valence-electron chi connectivity index (χ1n) is 7.09. The van der Waals surface area contributed by atoms with E-state index in [1.165, 1.54) is 0 Å². The number of carbonyl (C=O) groups is 3. The molecule has 0 saturated heterocycles. The largest absolute Gasteiger partial charge is 0.480 e. The molecular formula is C16H21NO6. The predicted molar refractivity (Wildman–Crippen MR) is 81.6 cm³/mol. The minimum absolute atomic E-state index is 0.00541. The predicted octanol–water partition coefficient (Wildman–Crippen LogP) is 2.10. The molecule has 1 atom stereocenters. The molecule has 0 fully saturated rings. The molecule has 0 radical (unpaired) electrons. The van der Waals surface area contributed by atoms with E-state index in [9.17, 15) is 14.4 Å². The highest BCUT2D eigenvalue weighted by Crippen LogP contribution is 2.09. The number of rotatable bonds is 6. The van der Waals surface area contributed by atoms with Crippen molar-refractivity contribution in [3.8, 4) is 0 Å². The molecule has 0 bridgehead atoms. The van der Waals surface area contributed by atoms with Crippen LogP contribution >= 0.6 is 0 Å². The van der Waals surface area contributed by atoms with Gasteiger partial charge in [-0.1, -0.05) is 30.3 Å². The van der Waals surface area contributed by atoms with Crippen LogP contribution in [0.5, 0.6) is 0 Å². The number of amides is 1. The normalized spacial score (nSPS) is 12.1. The SMILES string of the molecule is CC(C)(C)OC(=O)C[C@@H](NC(=O)OCc1ccccc1)C(=O)O. The molecule has 1 rings (SSSR count). The fraction of sp³-hybridized carbons (Fsp3) is 0.438. The summed E-state index contributed by atoms with van der Waals surface area (Å²) in [5, 5.41) is 11.2. The number of carboxylic acids is 1. The summed E-state index contributed by atoms with van der Waals surface area (Å²) < 4.78 is 9.96. The summed E-state index contributed by atoms with van der Waals surface area (Å²) in [6.07, 6.45) is -1.39. The third-order valence-corrected chi connectivity index (χ3v) is 2.59. The third kappa shape index (κ3) is 7.85. The van der Waals surface area contributed by atoms with Crippen LogP contribution in [0.1, 0.15) is 32.8 Å². The van der Waals surface area contributed by atoms with Crippen molar-refractivity contribution in [2.24, 2.45) is 0 Å². The Balaban J connectivity index is 2.50. The third-order valence-electron chi connectivity index (χ3n) is 2.59. The van der Waals surface area contributed by atoms with Crippen LogP contribution in [-0.4, -0.2) is 34.8 Å². The minimum atomic E-state index is -1.41. The topological polar surface area (TPSA) is 102 Å². The first kappa shape index (κ1) is 18.5. The number of nitrogens with one attached hydrogen (secondary N) is 1. The smallest absolute Gasteiger partial charge is 0.408 e. The molecule has 0 aliphatic carbocycles. The van der Waals surface area contributed by atoms with E-state index in [0.29, 0.717) is 0 Å². The molecular weight excluding hydrogens is 302 g/mol. The van der Waals surface area contributed by atoms with Crippen LogP contribution in [0.4, 0.5) is 4.79 Å². The van der Waals surface area contributed by atoms with Gasteiger partial charge >= 0.3 is 18.0 Å². The summed E-state index contributed by atoms with van der Waals surface area (Å²) in [7, 11) is 0. The van der Waals surface area contributed by atoms with Gasteiger partial charge in [0.25, 0.3) is 0 Å². The molecule has 23 heavy (non-hydrogen) atoms. The van der Waals surface area contributed by atoms with Gasteiger partial charge in [0, 0.05) is 0 Å². The molecule has 0 spiro atoms. The van der Waals surface area contributed by atoms with E-state index in [2.05, 4.69) is 5.32 Å². The summed E-state index contributed by atoms with van der Waals surface area (Å²) in [5.41, 5.74) is 0.0372. The average Bonchev–Trinajstić information content (AvgIpc) is 2.43. The van der Waals surface area contributed by atoms with Crippen LogP contribution in [0.2, 0.25) is 0 Å². The van der Waals surface area contributed by atoms with Gasteiger partial charge in [-0.2, -0.15) is 0 Å². The maximum atomic E-state index is 11.7. The average molecular weight is 323 g/mol. The molecule has 7 heteroatoms. The highest BCUT2D eigenvalue weighted by Gasteiger charge is 2.27. The van der Waals surface area contributed by atoms with Crippen molar-refractivity contribution in [3.63, 3.8) is 0 Å². The lowest BCUT2D eigenvalue weighted by molar-refractivity contribution is -0.158. The van der Waals surface area contributed by atoms with Crippen molar-refractivity contribution in [3.05, 3.63) is 35.9 Å². The van der Waals surface area contributed by atoms with Crippen LogP contribution in [-0.2, 0) is 25.7 Å². The van der Waals surface area contributed by atoms with Crippen LogP contribution < -0.4 is 5.32 Å². The lowest BCUT2D eigenvalue weighted by Crippen LogP contribution is -2.43. The molecule has 1 aromatic rings. The van der Waals surface area contributed by atoms with Gasteiger partial charge in [0.05, 0.1) is 6.42 Å². The highest BCUT2D eigenvalue weighted by atomic mass is 16.6. The van der Waals surface area contributed by atoms with E-state index < -0.39 is 36.1 Å². The van der Waals surface area contributed by atoms with E-state index in [1.807, 2.05) is 6.07 Å². The van der Waals surface area contributed by atoms with Crippen LogP contribution in [0, 0.1) is 0 Å². The van der Waals surface area contributed by atoms with Gasteiger partial charge in [-0.05, 0) is 26.3 Å². The fourth-order valence-corrected chi connectivity index (χ4v) is 1.66. The minimum Gasteiger partial charge on any atom is -0.480 e. The molecule has 0 aromatic heterocycles. The van der Waals surface area contributed by atoms with Gasteiger partial charge in [0.15, 0.2) is 0 Å². The molecule has 1 amide bonds. The second kappa shape index (κ2) is 8.17. The summed E-state index contributed by atoms with van der Waals surface area (Å²) >= 11 is 0. The van der Waals surface area contributed by atoms with E-state index in [0.717, 1.165) is 5.56 Å². The van der Waals surface area contributed by atoms with E-state index >= 15 is 0 Å². The molecule has 7 nitrogen and oxygen atoms in total. The van der Waals surface area contributed by atoms with Crippen molar-refractivity contribution in [2.75, 3.05) is 0 Å². The fourth-order valence-electron chi connectivity index (χ4n) is 1.66. The van der Waals surface area contributed by atoms with Crippen molar-refractivity contribution in [1.82, 2.24) is 5.32 Å². The van der Waals surface area contributed by atoms with Gasteiger partial charge in [0.2, 0.25) is 0 Å². The second-order valence-corrected chi connectivity index (χ2v) is 5.89. The number of aliphatic carboxylic acids is 1. The lowest BCUT2D eigenvalue weighted by Gasteiger charge is -2.21. The second-order valence-electron chi connectivity index (χ2n) is 5.89. The Morgan fingerprint density at radius 3 is 2.30 bits per heavy atom. The molecule has 1 aromatic carbocycles. The van der Waals surface area contributed by atoms with Gasteiger partial charge in [-0.15, -0.1) is 0 Å². The van der Waals surface area contributed by atoms with Gasteiger partial charge in [-0.3, -0.25) is 4.79 Å². The van der Waals surface area contributed by atoms with Gasteiger partial charge in [-0.25, -0.2) is 9.59 Å². The molecule has 2 N–H and O–H groups in total. The molecule has 0 unspecified atom stereocenters. The number of ether oxygens (including phenoxy) is 2. The first-order valence-corrected chi connectivity index (χ1v) is 7.09. The highest BCUT2D eigenvalue weighted by molar-refractivity contribution is 5.85. The number of carbonyl (C=O) groups excluding carboxylic acids is 2. The molecule has 126 valence electrons. The van der Waals surface area contributed by atoms with E-state index in [-0.39, 0.29) is 6.61 Å². The van der Waals surface area contributed by atoms with Crippen molar-refractivity contribution in [2.45, 2.75) is 45.4 Å². The number of benzene rings is 1. The number of hydrogen-bond donors (Lipinski definition) is 2. The summed E-state index contributed by atoms with van der Waals surface area (Å²) in [6.45, 7) is 5.01. The van der Waals surface area contributed by atoms with E-state index in [4.69, 9.17) is 14.6 Å². The van der Waals surface area contributed by atoms with Gasteiger partial charge < -0.3 is 19.9 Å². The number of alkyl carbamates (subject to hydrolysis) is 1. The quantitative estimate of drug-likeness (QED) is 0.777. The Hall–Kier alpha value is -2.57. The Morgan fingerprint density at radius 1 is 1.17 bits per heavy atom. The zero-order chi connectivity index (χ0) is 17.5. The van der Waals surface area contributed by atoms with Crippen molar-refractivity contribution >= 4 is 18.0 Å². The molecule has 0 aliphatic heterocycles. The van der Waals surface area contributed by atoms with Crippen LogP contribution in [0.25, 0.3) is 0 Å². The molecule has 0 aliphatic rings. The first-order chi connectivity index (χ1) is 10.7. The maximum Gasteiger partial charge on any atom is 0.408 e. The molecule has 0 heterocycles. The zero-order valence-corrected chi connectivity index (χ0v) is 13.4. The Morgan fingerprint density at radius 2 is 1.78 bits per heavy atom. The standard InChI is InChI=1S/C16H21NO6/c1-16(2,3)23-13(18)9-12(14(19)20)17-15(21)22-10-11-7-5-4-6-8-11/h4-8,12H,9-10H2,1-3H3,(H,17,21)(H,19,20)/t12-/m1/s1. The summed E-state index contributed by atoms with van der Waals surface area (Å²) in [6, 6.07) is 7.53. The van der Waals surface area contributed by atoms with E-state index in [1.54, 1.807) is 45.0 Å². The number of hydrogen-bond acceptors (Lipinski definition) is 5. The lowest BCUT2D eigenvalue weighted by atomic mass is 10.1. The summed E-state index contributed by atoms with van der Waals surface area (Å²) in [4.78, 5) is 34.4. The number of esters is 1. The Labute approximate surface area is 134 Å². The van der Waals surface area contributed by atoms with Gasteiger partial charge in [0.1, 0.15) is 18.2 Å². The molecule has 0 saturated carbocycles.